The number of nitrogens with one attached hydrogen (secondary N) is 2. The van der Waals surface area contributed by atoms with Gasteiger partial charge in [-0.1, -0.05) is 6.07 Å². The molecule has 2 aromatic heterocycles. The fourth-order valence-corrected chi connectivity index (χ4v) is 3.56. The monoisotopic (exact) mass is 392 g/mol. The second-order valence-corrected chi connectivity index (χ2v) is 6.83. The Morgan fingerprint density at radius 1 is 1.28 bits per heavy atom. The highest BCUT2D eigenvalue weighted by Gasteiger charge is 2.24. The molecule has 0 unspecified atom stereocenters. The molecule has 0 bridgehead atoms. The average molecular weight is 392 g/mol. The van der Waals surface area contributed by atoms with Crippen molar-refractivity contribution >= 4 is 11.6 Å². The third kappa shape index (κ3) is 4.30. The van der Waals surface area contributed by atoms with Crippen molar-refractivity contribution in [1.82, 2.24) is 15.0 Å². The number of carbonyl (C=O) groups is 1. The number of hydrogen-bond donors (Lipinski definition) is 2. The average Bonchev–Trinajstić information content (AvgIpc) is 3.07. The summed E-state index contributed by atoms with van der Waals surface area (Å²) in [5.41, 5.74) is 5.10. The molecule has 7 heteroatoms. The number of aryl methyl sites for hydroxylation is 2. The number of benzene rings is 1. The zero-order valence-electron chi connectivity index (χ0n) is 16.4. The summed E-state index contributed by atoms with van der Waals surface area (Å²) in [5.74, 6) is 0.508. The minimum absolute atomic E-state index is 0.180. The number of hydrogen-bond acceptors (Lipinski definition) is 5. The molecule has 3 aromatic rings. The normalized spacial score (nSPS) is 12.6. The van der Waals surface area contributed by atoms with Gasteiger partial charge in [0.05, 0.1) is 17.9 Å². The predicted octanol–water partition coefficient (Wildman–Crippen LogP) is 3.63. The lowest BCUT2D eigenvalue weighted by molar-refractivity contribution is 0.102. The third-order valence-corrected chi connectivity index (χ3v) is 4.90. The molecule has 0 fully saturated rings. The maximum absolute atomic E-state index is 13.0. The van der Waals surface area contributed by atoms with Gasteiger partial charge in [-0.3, -0.25) is 4.79 Å². The van der Waals surface area contributed by atoms with Gasteiger partial charge in [0, 0.05) is 42.0 Å². The third-order valence-electron chi connectivity index (χ3n) is 4.90. The van der Waals surface area contributed by atoms with E-state index in [4.69, 9.17) is 9.47 Å². The van der Waals surface area contributed by atoms with Gasteiger partial charge in [-0.05, 0) is 43.9 Å². The summed E-state index contributed by atoms with van der Waals surface area (Å²) in [5, 5.41) is 2.97. The molecule has 7 nitrogen and oxygen atoms in total. The quantitative estimate of drug-likeness (QED) is 0.600. The van der Waals surface area contributed by atoms with Crippen molar-refractivity contribution in [3.63, 3.8) is 0 Å². The van der Waals surface area contributed by atoms with Crippen LogP contribution in [0.4, 0.5) is 5.69 Å². The summed E-state index contributed by atoms with van der Waals surface area (Å²) in [6.07, 6.45) is 7.92. The molecule has 4 rings (SSSR count). The number of carbonyl (C=O) groups excluding carboxylic acids is 1. The number of aromatic amines is 1. The van der Waals surface area contributed by atoms with Crippen LogP contribution in [0.25, 0.3) is 11.3 Å². The second kappa shape index (κ2) is 8.87. The molecular weight excluding hydrogens is 368 g/mol. The summed E-state index contributed by atoms with van der Waals surface area (Å²) in [6, 6.07) is 7.36. The van der Waals surface area contributed by atoms with E-state index in [9.17, 15) is 4.79 Å². The molecule has 0 spiro atoms. The van der Waals surface area contributed by atoms with Gasteiger partial charge in [-0.25, -0.2) is 9.97 Å². The van der Waals surface area contributed by atoms with Gasteiger partial charge in [0.15, 0.2) is 0 Å². The molecule has 0 saturated heterocycles. The first kappa shape index (κ1) is 19.1. The maximum Gasteiger partial charge on any atom is 0.257 e. The van der Waals surface area contributed by atoms with Gasteiger partial charge in [0.2, 0.25) is 0 Å². The van der Waals surface area contributed by atoms with Gasteiger partial charge in [0.25, 0.3) is 5.91 Å². The first-order valence-corrected chi connectivity index (χ1v) is 9.87. The fourth-order valence-electron chi connectivity index (χ4n) is 3.56. The van der Waals surface area contributed by atoms with E-state index in [1.807, 2.05) is 37.4 Å². The van der Waals surface area contributed by atoms with Crippen molar-refractivity contribution in [3.05, 3.63) is 59.8 Å². The van der Waals surface area contributed by atoms with Crippen LogP contribution in [-0.4, -0.2) is 40.7 Å². The van der Waals surface area contributed by atoms with Gasteiger partial charge < -0.3 is 19.8 Å². The molecule has 1 amide bonds. The Bertz CT molecular complexity index is 999. The van der Waals surface area contributed by atoms with Crippen LogP contribution in [0.1, 0.15) is 35.0 Å². The Hall–Kier alpha value is -3.19. The number of aromatic nitrogens is 3. The lowest BCUT2D eigenvalue weighted by atomic mass is 10.0. The Kier molecular flexibility index (Phi) is 5.86. The van der Waals surface area contributed by atoms with Crippen molar-refractivity contribution in [1.29, 1.82) is 0 Å². The molecule has 0 atom stereocenters. The van der Waals surface area contributed by atoms with Gasteiger partial charge >= 0.3 is 0 Å². The minimum Gasteiger partial charge on any atom is -0.491 e. The van der Waals surface area contributed by atoms with Crippen LogP contribution in [0.15, 0.2) is 43.0 Å². The highest BCUT2D eigenvalue weighted by Crippen LogP contribution is 2.33. The Morgan fingerprint density at radius 2 is 2.21 bits per heavy atom. The summed E-state index contributed by atoms with van der Waals surface area (Å²) >= 11 is 0. The van der Waals surface area contributed by atoms with Crippen LogP contribution in [0.3, 0.4) is 0 Å². The minimum atomic E-state index is -0.180. The fraction of sp³-hybridized carbons (Fsp3) is 0.318. The smallest absolute Gasteiger partial charge is 0.257 e. The van der Waals surface area contributed by atoms with E-state index in [2.05, 4.69) is 20.3 Å². The van der Waals surface area contributed by atoms with Crippen LogP contribution in [0.5, 0.6) is 5.75 Å². The molecule has 2 N–H and O–H groups in total. The van der Waals surface area contributed by atoms with E-state index in [0.29, 0.717) is 36.8 Å². The summed E-state index contributed by atoms with van der Waals surface area (Å²) in [7, 11) is 0. The van der Waals surface area contributed by atoms with E-state index in [-0.39, 0.29) is 5.91 Å². The van der Waals surface area contributed by atoms with E-state index < -0.39 is 0 Å². The van der Waals surface area contributed by atoms with Crippen molar-refractivity contribution in [2.75, 3.05) is 25.1 Å². The van der Waals surface area contributed by atoms with Crippen LogP contribution in [0.2, 0.25) is 0 Å². The Balaban J connectivity index is 1.54. The lowest BCUT2D eigenvalue weighted by Gasteiger charge is -2.10. The van der Waals surface area contributed by atoms with Crippen LogP contribution < -0.4 is 10.1 Å². The topological polar surface area (TPSA) is 89.1 Å². The number of rotatable bonds is 7. The molecule has 1 aromatic carbocycles. The van der Waals surface area contributed by atoms with Crippen LogP contribution in [-0.2, 0) is 17.6 Å². The molecule has 29 heavy (non-hydrogen) atoms. The molecule has 150 valence electrons. The van der Waals surface area contributed by atoms with Crippen molar-refractivity contribution in [2.45, 2.75) is 26.2 Å². The second-order valence-electron chi connectivity index (χ2n) is 6.83. The van der Waals surface area contributed by atoms with Gasteiger partial charge in [-0.2, -0.15) is 0 Å². The van der Waals surface area contributed by atoms with E-state index in [1.165, 1.54) is 6.33 Å². The Labute approximate surface area is 169 Å². The number of amides is 1. The van der Waals surface area contributed by atoms with Crippen LogP contribution in [0, 0.1) is 0 Å². The molecule has 1 aliphatic carbocycles. The Morgan fingerprint density at radius 3 is 3.10 bits per heavy atom. The zero-order chi connectivity index (χ0) is 20.1. The highest BCUT2D eigenvalue weighted by molar-refractivity contribution is 6.09. The van der Waals surface area contributed by atoms with E-state index >= 15 is 0 Å². The maximum atomic E-state index is 13.0. The summed E-state index contributed by atoms with van der Waals surface area (Å²) in [4.78, 5) is 24.9. The molecule has 0 radical (unpaired) electrons. The van der Waals surface area contributed by atoms with Crippen LogP contribution >= 0.6 is 0 Å². The highest BCUT2D eigenvalue weighted by atomic mass is 16.5. The number of ether oxygens (including phenoxy) is 2. The predicted molar refractivity (Wildman–Crippen MR) is 110 cm³/mol. The number of nitrogens with zero attached hydrogens (tertiary/aromatic N) is 2. The molecule has 0 aliphatic heterocycles. The van der Waals surface area contributed by atoms with Gasteiger partial charge in [-0.15, -0.1) is 0 Å². The molecule has 1 aliphatic rings. The molecular formula is C22H24N4O3. The van der Waals surface area contributed by atoms with Gasteiger partial charge in [0.1, 0.15) is 18.7 Å². The molecule has 2 heterocycles. The first-order chi connectivity index (χ1) is 14.3. The zero-order valence-corrected chi connectivity index (χ0v) is 16.4. The van der Waals surface area contributed by atoms with E-state index in [0.717, 1.165) is 41.8 Å². The largest absolute Gasteiger partial charge is 0.491 e. The number of H-pyrrole nitrogens is 1. The first-order valence-electron chi connectivity index (χ1n) is 9.87. The molecule has 0 saturated carbocycles. The van der Waals surface area contributed by atoms with Crippen molar-refractivity contribution in [2.24, 2.45) is 0 Å². The number of anilines is 1. The standard InChI is InChI=1S/C22H24N4O3/c1-2-28-9-10-29-17-7-4-6-16(11-17)26-22(27)18-13-24-19-8-3-5-15-12-23-14-25-21(15)20(18)19/h4,6-7,11-14,24H,2-3,5,8-10H2,1H3,(H,26,27). The van der Waals surface area contributed by atoms with E-state index in [1.54, 1.807) is 6.20 Å². The van der Waals surface area contributed by atoms with Crippen molar-refractivity contribution in [3.8, 4) is 17.0 Å². The summed E-state index contributed by atoms with van der Waals surface area (Å²) < 4.78 is 11.0. The number of fused-ring (bicyclic) bond motifs is 3. The summed E-state index contributed by atoms with van der Waals surface area (Å²) in [6.45, 7) is 3.60. The SMILES string of the molecule is CCOCCOc1cccc(NC(=O)c2c[nH]c3c2-c2ncncc2CCC3)c1. The lowest BCUT2D eigenvalue weighted by Crippen LogP contribution is -2.13. The van der Waals surface area contributed by atoms with Crippen molar-refractivity contribution < 1.29 is 14.3 Å².